The summed E-state index contributed by atoms with van der Waals surface area (Å²) in [7, 11) is 3.20. The van der Waals surface area contributed by atoms with Crippen LogP contribution in [0.25, 0.3) is 0 Å². The first-order chi connectivity index (χ1) is 8.62. The molecule has 98 valence electrons. The molecule has 0 saturated heterocycles. The Kier molecular flexibility index (Phi) is 5.31. The van der Waals surface area contributed by atoms with Crippen LogP contribution in [0.3, 0.4) is 0 Å². The average molecular weight is 268 g/mol. The van der Waals surface area contributed by atoms with E-state index in [0.29, 0.717) is 5.75 Å². The molecule has 6 nitrogen and oxygen atoms in total. The van der Waals surface area contributed by atoms with Crippen molar-refractivity contribution < 1.29 is 9.47 Å². The van der Waals surface area contributed by atoms with Crippen LogP contribution in [0.4, 0.5) is 0 Å². The lowest BCUT2D eigenvalue weighted by atomic mass is 10.2. The second-order valence-electron chi connectivity index (χ2n) is 3.22. The van der Waals surface area contributed by atoms with Gasteiger partial charge in [-0.05, 0) is 18.4 Å². The molecule has 4 N–H and O–H groups in total. The SMILES string of the molecule is COc1cc(SC)c(OC)cc1C=NN=C(N)N. The second kappa shape index (κ2) is 6.75. The van der Waals surface area contributed by atoms with Crippen molar-refractivity contribution in [3.63, 3.8) is 0 Å². The molecule has 0 aliphatic carbocycles. The Hall–Kier alpha value is -1.89. The lowest BCUT2D eigenvalue weighted by Crippen LogP contribution is -2.21. The standard InChI is InChI=1S/C11H16N4O2S/c1-16-8-5-10(18-3)9(17-2)4-7(8)6-14-15-11(12)13/h4-6H,1-3H3,(H4,12,13,15). The third-order valence-corrected chi connectivity index (χ3v) is 2.86. The van der Waals surface area contributed by atoms with Crippen molar-refractivity contribution in [3.05, 3.63) is 17.7 Å². The van der Waals surface area contributed by atoms with E-state index >= 15 is 0 Å². The predicted octanol–water partition coefficient (Wildman–Crippen LogP) is 1.03. The maximum Gasteiger partial charge on any atom is 0.211 e. The first-order valence-electron chi connectivity index (χ1n) is 5.04. The number of thioether (sulfide) groups is 1. The minimum atomic E-state index is -0.0992. The van der Waals surface area contributed by atoms with Crippen LogP contribution in [0.5, 0.6) is 11.5 Å². The molecule has 1 aromatic rings. The molecule has 0 atom stereocenters. The number of ether oxygens (including phenoxy) is 2. The Morgan fingerprint density at radius 2 is 1.89 bits per heavy atom. The molecule has 0 radical (unpaired) electrons. The third kappa shape index (κ3) is 3.56. The van der Waals surface area contributed by atoms with Crippen molar-refractivity contribution in [1.29, 1.82) is 0 Å². The van der Waals surface area contributed by atoms with Gasteiger partial charge in [0.25, 0.3) is 0 Å². The Morgan fingerprint density at radius 1 is 1.22 bits per heavy atom. The number of benzene rings is 1. The van der Waals surface area contributed by atoms with Gasteiger partial charge >= 0.3 is 0 Å². The molecule has 0 aromatic heterocycles. The monoisotopic (exact) mass is 268 g/mol. The molecule has 0 spiro atoms. The predicted molar refractivity (Wildman–Crippen MR) is 74.7 cm³/mol. The molecule has 0 unspecified atom stereocenters. The molecule has 0 amide bonds. The fraction of sp³-hybridized carbons (Fsp3) is 0.273. The van der Waals surface area contributed by atoms with E-state index in [-0.39, 0.29) is 5.96 Å². The summed E-state index contributed by atoms with van der Waals surface area (Å²) in [4.78, 5) is 0.980. The van der Waals surface area contributed by atoms with E-state index in [0.717, 1.165) is 16.2 Å². The number of rotatable bonds is 5. The molecule has 0 aliphatic heterocycles. The van der Waals surface area contributed by atoms with Crippen molar-refractivity contribution in [3.8, 4) is 11.5 Å². The molecular formula is C11H16N4O2S. The van der Waals surface area contributed by atoms with Crippen molar-refractivity contribution in [2.45, 2.75) is 4.90 Å². The lowest BCUT2D eigenvalue weighted by Gasteiger charge is -2.11. The summed E-state index contributed by atoms with van der Waals surface area (Å²) in [6.45, 7) is 0. The summed E-state index contributed by atoms with van der Waals surface area (Å²) in [5.74, 6) is 1.32. The average Bonchev–Trinajstić information content (AvgIpc) is 2.37. The third-order valence-electron chi connectivity index (χ3n) is 2.11. The van der Waals surface area contributed by atoms with Crippen molar-refractivity contribution in [2.75, 3.05) is 20.5 Å². The number of hydrogen-bond donors (Lipinski definition) is 2. The quantitative estimate of drug-likeness (QED) is 0.360. The van der Waals surface area contributed by atoms with Crippen molar-refractivity contribution in [1.82, 2.24) is 0 Å². The van der Waals surface area contributed by atoms with Gasteiger partial charge in [0.05, 0.1) is 25.3 Å². The van der Waals surface area contributed by atoms with E-state index in [4.69, 9.17) is 20.9 Å². The molecule has 0 bridgehead atoms. The smallest absolute Gasteiger partial charge is 0.211 e. The van der Waals surface area contributed by atoms with E-state index < -0.39 is 0 Å². The van der Waals surface area contributed by atoms with Crippen LogP contribution in [-0.2, 0) is 0 Å². The minimum absolute atomic E-state index is 0.0992. The van der Waals surface area contributed by atoms with Crippen LogP contribution in [0.15, 0.2) is 27.2 Å². The van der Waals surface area contributed by atoms with Crippen LogP contribution in [0, 0.1) is 0 Å². The molecule has 0 heterocycles. The summed E-state index contributed by atoms with van der Waals surface area (Å²) in [5.41, 5.74) is 11.1. The molecule has 1 rings (SSSR count). The van der Waals surface area contributed by atoms with Gasteiger partial charge in [-0.15, -0.1) is 16.9 Å². The zero-order valence-corrected chi connectivity index (χ0v) is 11.3. The number of methoxy groups -OCH3 is 2. The number of guanidine groups is 1. The van der Waals surface area contributed by atoms with Crippen LogP contribution in [-0.4, -0.2) is 32.6 Å². The molecule has 7 heteroatoms. The van der Waals surface area contributed by atoms with Crippen LogP contribution in [0.2, 0.25) is 0 Å². The van der Waals surface area contributed by atoms with Gasteiger partial charge in [-0.2, -0.15) is 5.10 Å². The van der Waals surface area contributed by atoms with E-state index in [1.54, 1.807) is 26.0 Å². The maximum absolute atomic E-state index is 5.28. The van der Waals surface area contributed by atoms with E-state index in [2.05, 4.69) is 10.2 Å². The highest BCUT2D eigenvalue weighted by Crippen LogP contribution is 2.33. The zero-order valence-electron chi connectivity index (χ0n) is 10.5. The van der Waals surface area contributed by atoms with Crippen molar-refractivity contribution >= 4 is 23.9 Å². The number of hydrogen-bond acceptors (Lipinski definition) is 5. The Labute approximate surface area is 110 Å². The summed E-state index contributed by atoms with van der Waals surface area (Å²) < 4.78 is 10.6. The van der Waals surface area contributed by atoms with Crippen LogP contribution in [0.1, 0.15) is 5.56 Å². The van der Waals surface area contributed by atoms with Gasteiger partial charge < -0.3 is 20.9 Å². The lowest BCUT2D eigenvalue weighted by molar-refractivity contribution is 0.394. The van der Waals surface area contributed by atoms with E-state index in [9.17, 15) is 0 Å². The summed E-state index contributed by atoms with van der Waals surface area (Å²) in [5, 5.41) is 7.28. The van der Waals surface area contributed by atoms with Crippen LogP contribution >= 0.6 is 11.8 Å². The molecular weight excluding hydrogens is 252 g/mol. The second-order valence-corrected chi connectivity index (χ2v) is 4.07. The fourth-order valence-electron chi connectivity index (χ4n) is 1.31. The van der Waals surface area contributed by atoms with E-state index in [1.165, 1.54) is 6.21 Å². The molecule has 0 fully saturated rings. The summed E-state index contributed by atoms with van der Waals surface area (Å²) in [6.07, 6.45) is 3.47. The fourth-order valence-corrected chi connectivity index (χ4v) is 1.88. The normalized spacial score (nSPS) is 10.4. The van der Waals surface area contributed by atoms with E-state index in [1.807, 2.05) is 18.4 Å². The highest BCUT2D eigenvalue weighted by atomic mass is 32.2. The zero-order chi connectivity index (χ0) is 13.5. The molecule has 0 aliphatic rings. The maximum atomic E-state index is 5.28. The topological polar surface area (TPSA) is 95.2 Å². The van der Waals surface area contributed by atoms with Crippen LogP contribution < -0.4 is 20.9 Å². The number of nitrogens with two attached hydrogens (primary N) is 2. The number of nitrogens with zero attached hydrogens (tertiary/aromatic N) is 2. The molecule has 1 aromatic carbocycles. The Bertz CT molecular complexity index is 470. The Balaban J connectivity index is 3.17. The first kappa shape index (κ1) is 14.2. The van der Waals surface area contributed by atoms with Gasteiger partial charge in [-0.3, -0.25) is 0 Å². The van der Waals surface area contributed by atoms with Gasteiger partial charge in [-0.25, -0.2) is 0 Å². The largest absolute Gasteiger partial charge is 0.496 e. The van der Waals surface area contributed by atoms with Gasteiger partial charge in [0.2, 0.25) is 5.96 Å². The molecule has 18 heavy (non-hydrogen) atoms. The first-order valence-corrected chi connectivity index (χ1v) is 6.26. The van der Waals surface area contributed by atoms with Gasteiger partial charge in [0.1, 0.15) is 11.5 Å². The summed E-state index contributed by atoms with van der Waals surface area (Å²) in [6, 6.07) is 3.69. The van der Waals surface area contributed by atoms with Crippen molar-refractivity contribution in [2.24, 2.45) is 21.7 Å². The summed E-state index contributed by atoms with van der Waals surface area (Å²) >= 11 is 1.57. The van der Waals surface area contributed by atoms with Gasteiger partial charge in [0.15, 0.2) is 0 Å². The minimum Gasteiger partial charge on any atom is -0.496 e. The highest BCUT2D eigenvalue weighted by molar-refractivity contribution is 7.98. The molecule has 0 saturated carbocycles. The van der Waals surface area contributed by atoms with Gasteiger partial charge in [-0.1, -0.05) is 0 Å². The Morgan fingerprint density at radius 3 is 2.39 bits per heavy atom. The van der Waals surface area contributed by atoms with Gasteiger partial charge in [0, 0.05) is 5.56 Å². The highest BCUT2D eigenvalue weighted by Gasteiger charge is 2.09.